The molecule has 3 rings (SSSR count). The third-order valence-corrected chi connectivity index (χ3v) is 3.03. The first-order chi connectivity index (χ1) is 9.22. The summed E-state index contributed by atoms with van der Waals surface area (Å²) in [5, 5.41) is 1.03. The molecule has 19 heavy (non-hydrogen) atoms. The Hall–Kier alpha value is -2.01. The lowest BCUT2D eigenvalue weighted by atomic mass is 10.2. The van der Waals surface area contributed by atoms with Crippen LogP contribution >= 0.6 is 15.9 Å². The molecule has 0 radical (unpaired) electrons. The lowest BCUT2D eigenvalue weighted by Gasteiger charge is -2.07. The van der Waals surface area contributed by atoms with E-state index in [2.05, 4.69) is 30.9 Å². The molecule has 2 aromatic heterocycles. The SMILES string of the molecule is Cc1ccc2cccc(Oc3ncc(Br)cn3)c2n1. The Morgan fingerprint density at radius 1 is 1.05 bits per heavy atom. The molecule has 5 heteroatoms. The van der Waals surface area contributed by atoms with Gasteiger partial charge in [0.2, 0.25) is 0 Å². The Morgan fingerprint density at radius 2 is 1.84 bits per heavy atom. The highest BCUT2D eigenvalue weighted by Gasteiger charge is 2.06. The van der Waals surface area contributed by atoms with Crippen LogP contribution in [0.5, 0.6) is 11.8 Å². The monoisotopic (exact) mass is 315 g/mol. The standard InChI is InChI=1S/C14H10BrN3O/c1-9-5-6-10-3-2-4-12(13(10)18-9)19-14-16-7-11(15)8-17-14/h2-8H,1H3. The molecule has 0 aliphatic heterocycles. The summed E-state index contributed by atoms with van der Waals surface area (Å²) in [7, 11) is 0. The zero-order valence-corrected chi connectivity index (χ0v) is 11.8. The number of pyridine rings is 1. The molecule has 0 fully saturated rings. The predicted molar refractivity (Wildman–Crippen MR) is 76.3 cm³/mol. The van der Waals surface area contributed by atoms with E-state index >= 15 is 0 Å². The van der Waals surface area contributed by atoms with Crippen LogP contribution in [0.1, 0.15) is 5.69 Å². The van der Waals surface area contributed by atoms with Crippen molar-refractivity contribution in [2.75, 3.05) is 0 Å². The maximum Gasteiger partial charge on any atom is 0.322 e. The topological polar surface area (TPSA) is 47.9 Å². The zero-order valence-electron chi connectivity index (χ0n) is 10.2. The molecule has 0 saturated carbocycles. The summed E-state index contributed by atoms with van der Waals surface area (Å²) >= 11 is 3.29. The minimum Gasteiger partial charge on any atom is -0.422 e. The van der Waals surface area contributed by atoms with Crippen molar-refractivity contribution in [1.82, 2.24) is 15.0 Å². The van der Waals surface area contributed by atoms with E-state index in [1.165, 1.54) is 0 Å². The van der Waals surface area contributed by atoms with Crippen molar-refractivity contribution in [3.63, 3.8) is 0 Å². The molecule has 0 aliphatic rings. The van der Waals surface area contributed by atoms with Crippen LogP contribution in [-0.2, 0) is 0 Å². The van der Waals surface area contributed by atoms with Crippen LogP contribution < -0.4 is 4.74 Å². The van der Waals surface area contributed by atoms with E-state index < -0.39 is 0 Å². The molecule has 0 atom stereocenters. The second-order valence-corrected chi connectivity index (χ2v) is 4.98. The Bertz CT molecular complexity index is 728. The van der Waals surface area contributed by atoms with Gasteiger partial charge >= 0.3 is 6.01 Å². The summed E-state index contributed by atoms with van der Waals surface area (Å²) < 4.78 is 6.51. The number of aryl methyl sites for hydroxylation is 1. The summed E-state index contributed by atoms with van der Waals surface area (Å²) in [5.74, 6) is 0.656. The number of rotatable bonds is 2. The average molecular weight is 316 g/mol. The molecule has 0 saturated heterocycles. The van der Waals surface area contributed by atoms with Gasteiger partial charge in [-0.1, -0.05) is 18.2 Å². The van der Waals surface area contributed by atoms with Crippen LogP contribution in [0.15, 0.2) is 47.2 Å². The molecule has 0 spiro atoms. The Balaban J connectivity index is 2.05. The van der Waals surface area contributed by atoms with Crippen molar-refractivity contribution in [1.29, 1.82) is 0 Å². The first kappa shape index (κ1) is 12.0. The number of ether oxygens (including phenoxy) is 1. The van der Waals surface area contributed by atoms with Crippen LogP contribution in [0, 0.1) is 6.92 Å². The molecule has 4 nitrogen and oxygen atoms in total. The third-order valence-electron chi connectivity index (χ3n) is 2.62. The van der Waals surface area contributed by atoms with Gasteiger partial charge in [0.1, 0.15) is 5.52 Å². The first-order valence-electron chi connectivity index (χ1n) is 5.74. The van der Waals surface area contributed by atoms with Crippen molar-refractivity contribution >= 4 is 26.8 Å². The normalized spacial score (nSPS) is 10.6. The molecule has 2 heterocycles. The van der Waals surface area contributed by atoms with Crippen molar-refractivity contribution in [3.8, 4) is 11.8 Å². The molecule has 0 amide bonds. The molecule has 1 aromatic carbocycles. The molecule has 0 bridgehead atoms. The van der Waals surface area contributed by atoms with Crippen LogP contribution in [0.3, 0.4) is 0 Å². The van der Waals surface area contributed by atoms with Gasteiger partial charge in [-0.05, 0) is 35.0 Å². The number of hydrogen-bond donors (Lipinski definition) is 0. The number of fused-ring (bicyclic) bond motifs is 1. The van der Waals surface area contributed by atoms with Gasteiger partial charge in [0, 0.05) is 23.5 Å². The van der Waals surface area contributed by atoms with E-state index in [1.54, 1.807) is 12.4 Å². The number of para-hydroxylation sites is 1. The maximum atomic E-state index is 5.70. The van der Waals surface area contributed by atoms with Crippen molar-refractivity contribution in [2.24, 2.45) is 0 Å². The highest BCUT2D eigenvalue weighted by molar-refractivity contribution is 9.10. The molecule has 0 unspecified atom stereocenters. The van der Waals surface area contributed by atoms with Crippen molar-refractivity contribution in [3.05, 3.63) is 52.9 Å². The van der Waals surface area contributed by atoms with Crippen LogP contribution in [-0.4, -0.2) is 15.0 Å². The number of aromatic nitrogens is 3. The quantitative estimate of drug-likeness (QED) is 0.720. The second kappa shape index (κ2) is 4.93. The van der Waals surface area contributed by atoms with E-state index in [-0.39, 0.29) is 0 Å². The van der Waals surface area contributed by atoms with Crippen molar-refractivity contribution < 1.29 is 4.74 Å². The molecular formula is C14H10BrN3O. The molecule has 0 aliphatic carbocycles. The summed E-state index contributed by atoms with van der Waals surface area (Å²) in [4.78, 5) is 12.7. The Kier molecular flexibility index (Phi) is 3.13. The number of hydrogen-bond acceptors (Lipinski definition) is 4. The third kappa shape index (κ3) is 2.56. The highest BCUT2D eigenvalue weighted by Crippen LogP contribution is 2.27. The molecule has 3 aromatic rings. The van der Waals surface area contributed by atoms with Crippen LogP contribution in [0.4, 0.5) is 0 Å². The van der Waals surface area contributed by atoms with Gasteiger partial charge in [-0.25, -0.2) is 15.0 Å². The summed E-state index contributed by atoms with van der Waals surface area (Å²) in [6.45, 7) is 1.95. The largest absolute Gasteiger partial charge is 0.422 e. The second-order valence-electron chi connectivity index (χ2n) is 4.07. The molecule has 94 valence electrons. The average Bonchev–Trinajstić information content (AvgIpc) is 2.42. The fourth-order valence-electron chi connectivity index (χ4n) is 1.75. The van der Waals surface area contributed by atoms with E-state index in [4.69, 9.17) is 4.74 Å². The number of nitrogens with zero attached hydrogens (tertiary/aromatic N) is 3. The summed E-state index contributed by atoms with van der Waals surface area (Å²) in [6.07, 6.45) is 3.29. The van der Waals surface area contributed by atoms with E-state index in [0.717, 1.165) is 21.1 Å². The molecular weight excluding hydrogens is 306 g/mol. The number of benzene rings is 1. The Labute approximate surface area is 118 Å². The fourth-order valence-corrected chi connectivity index (χ4v) is 1.96. The predicted octanol–water partition coefficient (Wildman–Crippen LogP) is 3.89. The van der Waals surface area contributed by atoms with Gasteiger partial charge in [-0.15, -0.1) is 0 Å². The minimum absolute atomic E-state index is 0.305. The van der Waals surface area contributed by atoms with Gasteiger partial charge in [-0.3, -0.25) is 0 Å². The number of halogens is 1. The van der Waals surface area contributed by atoms with E-state index in [9.17, 15) is 0 Å². The molecule has 0 N–H and O–H groups in total. The van der Waals surface area contributed by atoms with Gasteiger partial charge in [0.15, 0.2) is 5.75 Å². The lowest BCUT2D eigenvalue weighted by molar-refractivity contribution is 0.445. The maximum absolute atomic E-state index is 5.70. The van der Waals surface area contributed by atoms with Crippen LogP contribution in [0.25, 0.3) is 10.9 Å². The Morgan fingerprint density at radius 3 is 2.63 bits per heavy atom. The van der Waals surface area contributed by atoms with E-state index in [1.807, 2.05) is 37.3 Å². The zero-order chi connectivity index (χ0) is 13.2. The summed E-state index contributed by atoms with van der Waals surface area (Å²) in [5.41, 5.74) is 1.76. The van der Waals surface area contributed by atoms with Gasteiger partial charge < -0.3 is 4.74 Å². The van der Waals surface area contributed by atoms with Gasteiger partial charge in [0.25, 0.3) is 0 Å². The van der Waals surface area contributed by atoms with E-state index in [0.29, 0.717) is 11.8 Å². The fraction of sp³-hybridized carbons (Fsp3) is 0.0714. The minimum atomic E-state index is 0.305. The van der Waals surface area contributed by atoms with Gasteiger partial charge in [0.05, 0.1) is 4.47 Å². The smallest absolute Gasteiger partial charge is 0.322 e. The van der Waals surface area contributed by atoms with Crippen molar-refractivity contribution in [2.45, 2.75) is 6.92 Å². The van der Waals surface area contributed by atoms with Crippen LogP contribution in [0.2, 0.25) is 0 Å². The highest BCUT2D eigenvalue weighted by atomic mass is 79.9. The summed E-state index contributed by atoms with van der Waals surface area (Å²) in [6, 6.07) is 10.1. The van der Waals surface area contributed by atoms with Gasteiger partial charge in [-0.2, -0.15) is 0 Å². The first-order valence-corrected chi connectivity index (χ1v) is 6.53. The lowest BCUT2D eigenvalue weighted by Crippen LogP contribution is -1.93.